The highest BCUT2D eigenvalue weighted by atomic mass is 16.6. The topological polar surface area (TPSA) is 192 Å². The number of rotatable bonds is 9. The molecule has 3 fully saturated rings. The van der Waals surface area contributed by atoms with Crippen molar-refractivity contribution in [2.24, 2.45) is 40.7 Å². The molecule has 2 saturated heterocycles. The van der Waals surface area contributed by atoms with Crippen LogP contribution in [0.4, 0.5) is 0 Å². The van der Waals surface area contributed by atoms with Crippen molar-refractivity contribution in [1.82, 2.24) is 4.90 Å². The molecule has 15 heteroatoms. The van der Waals surface area contributed by atoms with Crippen molar-refractivity contribution >= 4 is 23.4 Å². The number of hydrogen-bond donors (Lipinski definition) is 3. The molecule has 0 aromatic heterocycles. The van der Waals surface area contributed by atoms with Crippen molar-refractivity contribution in [3.05, 3.63) is 47.6 Å². The van der Waals surface area contributed by atoms with E-state index in [1.165, 1.54) is 12.0 Å². The summed E-state index contributed by atoms with van der Waals surface area (Å²) in [5.74, 6) is -3.77. The first kappa shape index (κ1) is 58.8. The number of Topliss-reactive ketones (excluding diaryl/α,β-unsaturated/α-hetero) is 1. The zero-order chi connectivity index (χ0) is 51.7. The fourth-order valence-corrected chi connectivity index (χ4v) is 10.9. The second kappa shape index (κ2) is 28.5. The van der Waals surface area contributed by atoms with E-state index in [2.05, 4.69) is 24.1 Å². The normalized spacial score (nSPS) is 39.8. The van der Waals surface area contributed by atoms with Crippen molar-refractivity contribution in [2.75, 3.05) is 41.6 Å². The number of terminal acetylenes is 1. The minimum Gasteiger partial charge on any atom is -0.460 e. The molecular formula is C55H86N2O13. The van der Waals surface area contributed by atoms with Gasteiger partial charge in [0.05, 0.1) is 36.2 Å². The number of esters is 1. The predicted octanol–water partition coefficient (Wildman–Crippen LogP) is 7.06. The second-order valence-electron chi connectivity index (χ2n) is 20.6. The molecule has 3 heterocycles. The largest absolute Gasteiger partial charge is 0.460 e. The van der Waals surface area contributed by atoms with Gasteiger partial charge in [0.15, 0.2) is 6.61 Å². The third-order valence-electron chi connectivity index (χ3n) is 15.3. The lowest BCUT2D eigenvalue weighted by Crippen LogP contribution is -2.61. The summed E-state index contributed by atoms with van der Waals surface area (Å²) in [4.78, 5) is 50.1. The number of amides is 1. The molecule has 1 aliphatic carbocycles. The number of fused-ring (bicyclic) bond motifs is 3. The lowest BCUT2D eigenvalue weighted by molar-refractivity contribution is -0.265. The van der Waals surface area contributed by atoms with Crippen molar-refractivity contribution < 1.29 is 63.0 Å². The molecule has 3 N–H and O–H groups in total. The minimum atomic E-state index is -2.40. The molecule has 0 aromatic rings. The number of nitrogens with zero attached hydrogens (tertiary/aromatic N) is 2. The van der Waals surface area contributed by atoms with Crippen LogP contribution in [0.5, 0.6) is 0 Å². The van der Waals surface area contributed by atoms with Crippen LogP contribution < -0.4 is 0 Å². The van der Waals surface area contributed by atoms with E-state index >= 15 is 0 Å². The molecule has 16 atom stereocenters. The molecule has 0 radical (unpaired) electrons. The maximum Gasteiger partial charge on any atom is 0.329 e. The highest BCUT2D eigenvalue weighted by Crippen LogP contribution is 2.38. The molecule has 1 saturated carbocycles. The van der Waals surface area contributed by atoms with E-state index in [1.54, 1.807) is 28.3 Å². The first-order valence-corrected chi connectivity index (χ1v) is 25.6. The minimum absolute atomic E-state index is 0.0522. The van der Waals surface area contributed by atoms with Gasteiger partial charge in [-0.25, -0.2) is 4.79 Å². The van der Waals surface area contributed by atoms with Crippen LogP contribution in [0.2, 0.25) is 0 Å². The van der Waals surface area contributed by atoms with E-state index in [0.717, 1.165) is 12.0 Å². The summed E-state index contributed by atoms with van der Waals surface area (Å²) in [6.07, 6.45) is 18.6. The van der Waals surface area contributed by atoms with Gasteiger partial charge in [-0.1, -0.05) is 82.2 Å². The zero-order valence-corrected chi connectivity index (χ0v) is 43.9. The Labute approximate surface area is 418 Å². The molecule has 0 spiro atoms. The van der Waals surface area contributed by atoms with E-state index in [4.69, 9.17) is 39.7 Å². The molecule has 1 amide bonds. The van der Waals surface area contributed by atoms with Crippen molar-refractivity contribution in [2.45, 2.75) is 186 Å². The molecule has 4 aliphatic rings. The number of allylic oxidation sites excluding steroid dienone is 5. The van der Waals surface area contributed by atoms with Gasteiger partial charge >= 0.3 is 5.97 Å². The summed E-state index contributed by atoms with van der Waals surface area (Å²) in [7, 11) is 6.32. The van der Waals surface area contributed by atoms with E-state index in [-0.39, 0.29) is 61.7 Å². The Kier molecular flexibility index (Phi) is 24.0. The van der Waals surface area contributed by atoms with Crippen LogP contribution in [0.3, 0.4) is 0 Å². The maximum atomic E-state index is 14.6. The van der Waals surface area contributed by atoms with E-state index < -0.39 is 78.1 Å². The summed E-state index contributed by atoms with van der Waals surface area (Å²) in [6.45, 7) is 13.7. The Balaban J connectivity index is 1.77. The summed E-state index contributed by atoms with van der Waals surface area (Å²) in [6, 6.07) is -1.07. The molecule has 15 nitrogen and oxygen atoms in total. The number of aliphatic hydroxyl groups excluding tert-OH is 2. The molecule has 0 aromatic carbocycles. The number of hydrogen-bond acceptors (Lipinski definition) is 14. The number of carbonyl (C=O) groups excluding carboxylic acids is 3. The molecule has 394 valence electrons. The molecule has 2 bridgehead atoms. The molecule has 4 rings (SSSR count). The van der Waals surface area contributed by atoms with E-state index in [0.29, 0.717) is 69.1 Å². The van der Waals surface area contributed by atoms with Gasteiger partial charge in [0.2, 0.25) is 5.79 Å². The van der Waals surface area contributed by atoms with E-state index in [9.17, 15) is 29.7 Å². The molecule has 3 aliphatic heterocycles. The van der Waals surface area contributed by atoms with E-state index in [1.807, 2.05) is 65.0 Å². The van der Waals surface area contributed by atoms with Gasteiger partial charge in [0.25, 0.3) is 11.7 Å². The first-order chi connectivity index (χ1) is 33.3. The molecular weight excluding hydrogens is 897 g/mol. The third-order valence-corrected chi connectivity index (χ3v) is 15.3. The quantitative estimate of drug-likeness (QED) is 0.0532. The lowest BCUT2D eigenvalue weighted by Gasteiger charge is -2.43. The van der Waals surface area contributed by atoms with Gasteiger partial charge in [-0.05, 0) is 107 Å². The van der Waals surface area contributed by atoms with Gasteiger partial charge in [0, 0.05) is 65.6 Å². The van der Waals surface area contributed by atoms with Gasteiger partial charge in [-0.3, -0.25) is 9.59 Å². The van der Waals surface area contributed by atoms with Crippen LogP contribution in [0, 0.1) is 47.9 Å². The smallest absolute Gasteiger partial charge is 0.329 e. The monoisotopic (exact) mass is 983 g/mol. The number of ether oxygens (including phenoxy) is 6. The van der Waals surface area contributed by atoms with Gasteiger partial charge in [0.1, 0.15) is 24.4 Å². The Bertz CT molecular complexity index is 1890. The predicted molar refractivity (Wildman–Crippen MR) is 268 cm³/mol. The average molecular weight is 983 g/mol. The summed E-state index contributed by atoms with van der Waals surface area (Å²) in [5.41, 5.74) is 2.02. The van der Waals surface area contributed by atoms with Crippen LogP contribution >= 0.6 is 0 Å². The summed E-state index contributed by atoms with van der Waals surface area (Å²) < 4.78 is 36.4. The standard InChI is InChI=1S/C55H86N2O13/c1-13-27-68-56-49-38(6)28-34(2)19-15-14-16-20-35(3)45(64-9)32-42-24-22-40(8)55(63,70-42)52(60)53(61)57-26-18-17-21-43(57)54(62)69-47(37(5)30-41-23-25-44(58)48(31-41)66-11)33-46(65-10)36(4)29-39(7)50(59)51(49)67-12/h1,14-16,19-20,29,34,36-38,40-48,50-51,58-59,63H,17-18,21-28,30-33H2,2-12H3/b16-14+,19-15+,35-20+,39-29+,56-49?/t34-,36-,37-,38-,40-,41+,42+,43+,44-,45+,46-,47+,48-,50-,51+,55-/m1/s1. The Morgan fingerprint density at radius 2 is 1.60 bits per heavy atom. The number of aliphatic hydroxyl groups is 3. The number of cyclic esters (lactones) is 1. The van der Waals surface area contributed by atoms with Crippen LogP contribution in [-0.2, 0) is 47.6 Å². The summed E-state index contributed by atoms with van der Waals surface area (Å²) >= 11 is 0. The number of oxime groups is 1. The Morgan fingerprint density at radius 1 is 0.871 bits per heavy atom. The number of piperidine rings is 1. The maximum absolute atomic E-state index is 14.6. The average Bonchev–Trinajstić information content (AvgIpc) is 3.34. The zero-order valence-electron chi connectivity index (χ0n) is 43.9. The van der Waals surface area contributed by atoms with Crippen molar-refractivity contribution in [3.63, 3.8) is 0 Å². The number of ketones is 1. The van der Waals surface area contributed by atoms with Gasteiger partial charge < -0.3 is 53.5 Å². The highest BCUT2D eigenvalue weighted by molar-refractivity contribution is 6.39. The number of carbonyl (C=O) groups is 3. The summed E-state index contributed by atoms with van der Waals surface area (Å²) in [5, 5.41) is 39.0. The highest BCUT2D eigenvalue weighted by Gasteiger charge is 2.53. The number of methoxy groups -OCH3 is 4. The fraction of sp³-hybridized carbons (Fsp3) is 0.745. The lowest BCUT2D eigenvalue weighted by atomic mass is 9.78. The molecule has 70 heavy (non-hydrogen) atoms. The second-order valence-corrected chi connectivity index (χ2v) is 20.6. The van der Waals surface area contributed by atoms with Crippen molar-refractivity contribution in [3.8, 4) is 12.3 Å². The van der Waals surface area contributed by atoms with Crippen molar-refractivity contribution in [1.29, 1.82) is 0 Å². The Morgan fingerprint density at radius 3 is 2.27 bits per heavy atom. The van der Waals surface area contributed by atoms with Gasteiger partial charge in [-0.2, -0.15) is 0 Å². The Hall–Kier alpha value is -3.72. The SMILES string of the molecule is C#CCON=C1[C@H](C)C[C@H](C)/C=C/C=C/C=C(\C)[C@@H](OC)C[C@@H]2CC[C@@H](C)[C@@](O)(O2)C(=O)C(=O)N2CCCC[C@H]2C(=O)O[C@H]([C@H](C)C[C@@H]2CC[C@@H](O)[C@H](OC)C2)C[C@@H](OC)[C@H](C)/C=C(\C)[C@@H](O)[C@H]1OC. The first-order valence-electron chi connectivity index (χ1n) is 25.6. The van der Waals surface area contributed by atoms with Crippen LogP contribution in [0.25, 0.3) is 0 Å². The third kappa shape index (κ3) is 15.9. The molecule has 0 unspecified atom stereocenters. The van der Waals surface area contributed by atoms with Crippen LogP contribution in [-0.4, -0.2) is 146 Å². The van der Waals surface area contributed by atoms with Gasteiger partial charge in [-0.15, -0.1) is 6.42 Å². The van der Waals surface area contributed by atoms with Crippen LogP contribution in [0.1, 0.15) is 126 Å². The fourth-order valence-electron chi connectivity index (χ4n) is 10.9. The van der Waals surface area contributed by atoms with Crippen LogP contribution in [0.15, 0.2) is 52.8 Å².